The molecule has 3 N–H and O–H groups in total. The maximum atomic E-state index is 12.0. The van der Waals surface area contributed by atoms with Gasteiger partial charge in [-0.15, -0.1) is 0 Å². The molecule has 0 bridgehead atoms. The molecule has 1 aliphatic rings. The highest BCUT2D eigenvalue weighted by atomic mass is 16.4. The highest BCUT2D eigenvalue weighted by Crippen LogP contribution is 2.37. The van der Waals surface area contributed by atoms with Crippen LogP contribution in [0.3, 0.4) is 0 Å². The molecule has 1 rings (SSSR count). The van der Waals surface area contributed by atoms with Crippen LogP contribution in [-0.2, 0) is 4.79 Å². The van der Waals surface area contributed by atoms with Gasteiger partial charge in [0.15, 0.2) is 0 Å². The van der Waals surface area contributed by atoms with Gasteiger partial charge in [0.25, 0.3) is 0 Å². The molecule has 110 valence electrons. The van der Waals surface area contributed by atoms with E-state index < -0.39 is 11.5 Å². The fraction of sp³-hybridized carbons (Fsp3) is 0.857. The van der Waals surface area contributed by atoms with Gasteiger partial charge in [-0.1, -0.05) is 20.3 Å². The summed E-state index contributed by atoms with van der Waals surface area (Å²) in [6.45, 7) is 8.02. The van der Waals surface area contributed by atoms with Crippen molar-refractivity contribution in [3.8, 4) is 0 Å². The van der Waals surface area contributed by atoms with Crippen molar-refractivity contribution in [1.29, 1.82) is 0 Å². The van der Waals surface area contributed by atoms with Crippen LogP contribution in [-0.4, -0.2) is 28.7 Å². The maximum absolute atomic E-state index is 12.0. The van der Waals surface area contributed by atoms with E-state index in [0.29, 0.717) is 6.42 Å². The summed E-state index contributed by atoms with van der Waals surface area (Å²) < 4.78 is 0. The first-order chi connectivity index (χ1) is 8.62. The predicted octanol–water partition coefficient (Wildman–Crippen LogP) is 2.51. The lowest BCUT2D eigenvalue weighted by molar-refractivity contribution is -0.137. The number of urea groups is 1. The molecule has 1 saturated carbocycles. The number of aliphatic carboxylic acids is 1. The third-order valence-electron chi connectivity index (χ3n) is 3.98. The number of rotatable bonds is 5. The van der Waals surface area contributed by atoms with E-state index >= 15 is 0 Å². The highest BCUT2D eigenvalue weighted by Gasteiger charge is 2.36. The average molecular weight is 270 g/mol. The van der Waals surface area contributed by atoms with Crippen molar-refractivity contribution in [2.24, 2.45) is 5.41 Å². The van der Waals surface area contributed by atoms with Gasteiger partial charge in [-0.2, -0.15) is 0 Å². The van der Waals surface area contributed by atoms with Gasteiger partial charge in [0.1, 0.15) is 0 Å². The lowest BCUT2D eigenvalue weighted by Gasteiger charge is -2.31. The number of carboxylic acid groups (broad SMARTS) is 1. The van der Waals surface area contributed by atoms with Crippen LogP contribution in [0.5, 0.6) is 0 Å². The molecule has 0 radical (unpaired) electrons. The van der Waals surface area contributed by atoms with Crippen molar-refractivity contribution in [1.82, 2.24) is 10.6 Å². The van der Waals surface area contributed by atoms with Crippen molar-refractivity contribution < 1.29 is 14.7 Å². The second-order valence-electron chi connectivity index (χ2n) is 6.81. The fourth-order valence-electron chi connectivity index (χ4n) is 2.58. The number of carbonyl (C=O) groups is 2. The molecule has 0 heterocycles. The van der Waals surface area contributed by atoms with Gasteiger partial charge < -0.3 is 15.7 Å². The van der Waals surface area contributed by atoms with Gasteiger partial charge in [-0.25, -0.2) is 4.79 Å². The Hall–Kier alpha value is -1.26. The van der Waals surface area contributed by atoms with Gasteiger partial charge in [-0.3, -0.25) is 4.79 Å². The summed E-state index contributed by atoms with van der Waals surface area (Å²) in [5.74, 6) is -0.841. The summed E-state index contributed by atoms with van der Waals surface area (Å²) in [6.07, 6.45) is 3.75. The molecular formula is C14H26N2O3. The lowest BCUT2D eigenvalue weighted by Crippen LogP contribution is -2.53. The van der Waals surface area contributed by atoms with Crippen molar-refractivity contribution >= 4 is 12.0 Å². The fourth-order valence-corrected chi connectivity index (χ4v) is 2.58. The smallest absolute Gasteiger partial charge is 0.315 e. The minimum absolute atomic E-state index is 0.0577. The molecule has 1 atom stereocenters. The number of amides is 2. The third kappa shape index (κ3) is 5.09. The Kier molecular flexibility index (Phi) is 4.82. The number of hydrogen-bond donors (Lipinski definition) is 3. The quantitative estimate of drug-likeness (QED) is 0.718. The van der Waals surface area contributed by atoms with Crippen LogP contribution >= 0.6 is 0 Å². The Balaban J connectivity index is 2.44. The van der Waals surface area contributed by atoms with Gasteiger partial charge >= 0.3 is 12.0 Å². The number of carbonyl (C=O) groups excluding carboxylic acids is 1. The van der Waals surface area contributed by atoms with E-state index in [2.05, 4.69) is 24.5 Å². The first-order valence-electron chi connectivity index (χ1n) is 6.93. The summed E-state index contributed by atoms with van der Waals surface area (Å²) in [5, 5.41) is 14.6. The van der Waals surface area contributed by atoms with E-state index in [-0.39, 0.29) is 23.9 Å². The molecule has 0 aliphatic heterocycles. The van der Waals surface area contributed by atoms with Gasteiger partial charge in [0, 0.05) is 18.0 Å². The van der Waals surface area contributed by atoms with Crippen LogP contribution in [0.15, 0.2) is 0 Å². The van der Waals surface area contributed by atoms with E-state index in [1.54, 1.807) is 0 Å². The molecule has 1 fully saturated rings. The molecule has 0 aromatic heterocycles. The number of hydrogen-bond acceptors (Lipinski definition) is 2. The van der Waals surface area contributed by atoms with Gasteiger partial charge in [0.2, 0.25) is 0 Å². The normalized spacial score (nSPS) is 22.0. The predicted molar refractivity (Wildman–Crippen MR) is 74.0 cm³/mol. The molecule has 0 saturated heterocycles. The van der Waals surface area contributed by atoms with Crippen LogP contribution in [0.2, 0.25) is 0 Å². The molecule has 5 nitrogen and oxygen atoms in total. The summed E-state index contributed by atoms with van der Waals surface area (Å²) in [4.78, 5) is 22.5. The van der Waals surface area contributed by atoms with E-state index in [0.717, 1.165) is 19.3 Å². The summed E-state index contributed by atoms with van der Waals surface area (Å²) >= 11 is 0. The van der Waals surface area contributed by atoms with E-state index in [4.69, 9.17) is 5.11 Å². The Morgan fingerprint density at radius 2 is 2.00 bits per heavy atom. The zero-order chi connectivity index (χ0) is 14.7. The summed E-state index contributed by atoms with van der Waals surface area (Å²) in [6, 6.07) is -0.00172. The zero-order valence-electron chi connectivity index (χ0n) is 12.4. The molecule has 19 heavy (non-hydrogen) atoms. The van der Waals surface area contributed by atoms with Gasteiger partial charge in [-0.05, 0) is 38.5 Å². The van der Waals surface area contributed by atoms with Crippen molar-refractivity contribution in [3.63, 3.8) is 0 Å². The molecule has 1 aliphatic carbocycles. The van der Waals surface area contributed by atoms with Crippen molar-refractivity contribution in [2.45, 2.75) is 71.4 Å². The van der Waals surface area contributed by atoms with Crippen LogP contribution in [0.25, 0.3) is 0 Å². The average Bonchev–Trinajstić information content (AvgIpc) is 2.55. The third-order valence-corrected chi connectivity index (χ3v) is 3.98. The van der Waals surface area contributed by atoms with Crippen LogP contribution in [0.4, 0.5) is 4.79 Å². The molecule has 0 spiro atoms. The first kappa shape index (κ1) is 15.8. The maximum Gasteiger partial charge on any atom is 0.315 e. The van der Waals surface area contributed by atoms with E-state index in [1.807, 2.05) is 13.8 Å². The Bertz CT molecular complexity index is 351. The Labute approximate surface area is 115 Å². The second-order valence-corrected chi connectivity index (χ2v) is 6.81. The number of nitrogens with one attached hydrogen (secondary N) is 2. The van der Waals surface area contributed by atoms with Crippen molar-refractivity contribution in [3.05, 3.63) is 0 Å². The monoisotopic (exact) mass is 270 g/mol. The summed E-state index contributed by atoms with van der Waals surface area (Å²) in [7, 11) is 0. The standard InChI is InChI=1S/C14H26N2O3/c1-13(2)8-5-6-10(13)15-12(19)16-14(3,4)9-7-11(17)18/h10H,5-9H2,1-4H3,(H,17,18)(H2,15,16,19). The zero-order valence-corrected chi connectivity index (χ0v) is 12.4. The topological polar surface area (TPSA) is 78.4 Å². The Morgan fingerprint density at radius 3 is 2.47 bits per heavy atom. The highest BCUT2D eigenvalue weighted by molar-refractivity contribution is 5.75. The van der Waals surface area contributed by atoms with E-state index in [1.165, 1.54) is 0 Å². The lowest BCUT2D eigenvalue weighted by atomic mass is 9.87. The van der Waals surface area contributed by atoms with Crippen molar-refractivity contribution in [2.75, 3.05) is 0 Å². The van der Waals surface area contributed by atoms with E-state index in [9.17, 15) is 9.59 Å². The van der Waals surface area contributed by atoms with Gasteiger partial charge in [0.05, 0.1) is 0 Å². The van der Waals surface area contributed by atoms with Crippen LogP contribution in [0, 0.1) is 5.41 Å². The molecular weight excluding hydrogens is 244 g/mol. The second kappa shape index (κ2) is 5.80. The largest absolute Gasteiger partial charge is 0.481 e. The number of carboxylic acids is 1. The molecule has 1 unspecified atom stereocenters. The molecule has 0 aromatic rings. The first-order valence-corrected chi connectivity index (χ1v) is 6.93. The molecule has 5 heteroatoms. The minimum atomic E-state index is -0.841. The molecule has 0 aromatic carbocycles. The van der Waals surface area contributed by atoms with Crippen LogP contribution in [0.1, 0.15) is 59.8 Å². The SMILES string of the molecule is CC(C)(CCC(=O)O)NC(=O)NC1CCCC1(C)C. The Morgan fingerprint density at radius 1 is 1.37 bits per heavy atom. The summed E-state index contributed by atoms with van der Waals surface area (Å²) in [5.41, 5.74) is -0.367. The van der Waals surface area contributed by atoms with Crippen LogP contribution < -0.4 is 10.6 Å². The minimum Gasteiger partial charge on any atom is -0.481 e. The molecule has 2 amide bonds.